The lowest BCUT2D eigenvalue weighted by Crippen LogP contribution is -2.23. The number of benzene rings is 1. The summed E-state index contributed by atoms with van der Waals surface area (Å²) in [6.07, 6.45) is 5.30. The van der Waals surface area contributed by atoms with E-state index in [0.29, 0.717) is 52.4 Å². The highest BCUT2D eigenvalue weighted by atomic mass is 32.2. The number of rotatable bonds is 7. The van der Waals surface area contributed by atoms with Gasteiger partial charge in [0, 0.05) is 25.2 Å². The minimum atomic E-state index is -0.640. The van der Waals surface area contributed by atoms with Gasteiger partial charge >= 0.3 is 12.1 Å². The summed E-state index contributed by atoms with van der Waals surface area (Å²) < 4.78 is 16.1. The summed E-state index contributed by atoms with van der Waals surface area (Å²) in [5.41, 5.74) is 2.24. The van der Waals surface area contributed by atoms with Gasteiger partial charge in [-0.05, 0) is 61.9 Å². The molecule has 0 saturated carbocycles. The van der Waals surface area contributed by atoms with Crippen LogP contribution < -0.4 is 10.1 Å². The maximum absolute atomic E-state index is 12.4. The molecule has 1 aliphatic rings. The largest absolute Gasteiger partial charge is 0.465 e. The van der Waals surface area contributed by atoms with Crippen molar-refractivity contribution in [1.82, 2.24) is 14.9 Å². The van der Waals surface area contributed by atoms with Crippen LogP contribution in [0.15, 0.2) is 53.8 Å². The molecule has 0 aliphatic carbocycles. The molecule has 1 atom stereocenters. The minimum absolute atomic E-state index is 0.0205. The minimum Gasteiger partial charge on any atom is -0.465 e. The Labute approximate surface area is 236 Å². The molecule has 1 unspecified atom stereocenters. The molecule has 1 N–H and O–H groups in total. The predicted molar refractivity (Wildman–Crippen MR) is 149 cm³/mol. The topological polar surface area (TPSA) is 120 Å². The van der Waals surface area contributed by atoms with Crippen LogP contribution >= 0.6 is 11.8 Å². The Morgan fingerprint density at radius 3 is 2.58 bits per heavy atom. The summed E-state index contributed by atoms with van der Waals surface area (Å²) in [5, 5.41) is 3.60. The number of hydrogen-bond acceptors (Lipinski definition) is 9. The van der Waals surface area contributed by atoms with Crippen LogP contribution in [0.2, 0.25) is 0 Å². The van der Waals surface area contributed by atoms with E-state index in [4.69, 9.17) is 14.2 Å². The average molecular weight is 561 g/mol. The zero-order valence-electron chi connectivity index (χ0n) is 22.5. The molecule has 10 nitrogen and oxygen atoms in total. The highest BCUT2D eigenvalue weighted by molar-refractivity contribution is 7.98. The smallest absolute Gasteiger partial charge is 0.411 e. The van der Waals surface area contributed by atoms with Gasteiger partial charge < -0.3 is 19.1 Å². The molecule has 0 bridgehead atoms. The van der Waals surface area contributed by atoms with Crippen molar-refractivity contribution in [3.8, 4) is 23.3 Å². The molecule has 3 aromatic rings. The normalized spacial score (nSPS) is 14.2. The van der Waals surface area contributed by atoms with Gasteiger partial charge in [-0.15, -0.1) is 11.8 Å². The zero-order valence-corrected chi connectivity index (χ0v) is 23.3. The standard InChI is InChI=1S/C29H28N4O6S/c1-5-38-29(36)32-23-15-22(24-11-13-27(34)33(24)2)25(39-21-10-12-26(40-4)31-17-21)14-18(23)6-8-20-9-7-19(16-30-20)28(35)37-3/h7,9-10,12,14-17,24H,5,11,13H2,1-4H3,(H,32,36). The number of nitrogens with zero attached hydrogens (tertiary/aromatic N) is 3. The third-order valence-electron chi connectivity index (χ3n) is 6.17. The van der Waals surface area contributed by atoms with E-state index in [2.05, 4.69) is 27.1 Å². The van der Waals surface area contributed by atoms with E-state index in [9.17, 15) is 14.4 Å². The monoisotopic (exact) mass is 560 g/mol. The van der Waals surface area contributed by atoms with Crippen LogP contribution in [-0.4, -0.2) is 59.9 Å². The predicted octanol–water partition coefficient (Wildman–Crippen LogP) is 5.04. The van der Waals surface area contributed by atoms with Crippen LogP contribution in [0, 0.1) is 11.8 Å². The van der Waals surface area contributed by atoms with Crippen molar-refractivity contribution in [3.05, 3.63) is 71.2 Å². The maximum atomic E-state index is 12.4. The summed E-state index contributed by atoms with van der Waals surface area (Å²) in [6, 6.07) is 10.0. The fraction of sp³-hybridized carbons (Fsp3) is 0.276. The molecule has 4 rings (SSSR count). The highest BCUT2D eigenvalue weighted by Crippen LogP contribution is 2.41. The Morgan fingerprint density at radius 2 is 1.98 bits per heavy atom. The zero-order chi connectivity index (χ0) is 28.6. The molecular weight excluding hydrogens is 532 g/mol. The number of carbonyl (C=O) groups is 3. The average Bonchev–Trinajstić information content (AvgIpc) is 3.30. The SMILES string of the molecule is CCOC(=O)Nc1cc(C2CCC(=O)N2C)c(Oc2ccc(SC)nc2)cc1C#Cc1ccc(C(=O)OC)cn1. The summed E-state index contributed by atoms with van der Waals surface area (Å²) >= 11 is 1.52. The Kier molecular flexibility index (Phi) is 9.24. The summed E-state index contributed by atoms with van der Waals surface area (Å²) in [5.74, 6) is 6.51. The summed E-state index contributed by atoms with van der Waals surface area (Å²) in [4.78, 5) is 46.8. The number of ether oxygens (including phenoxy) is 3. The second kappa shape index (κ2) is 13.0. The van der Waals surface area contributed by atoms with Crippen molar-refractivity contribution in [2.75, 3.05) is 32.3 Å². The fourth-order valence-electron chi connectivity index (χ4n) is 4.11. The lowest BCUT2D eigenvalue weighted by Gasteiger charge is -2.24. The first-order valence-electron chi connectivity index (χ1n) is 12.4. The van der Waals surface area contributed by atoms with Gasteiger partial charge in [-0.2, -0.15) is 0 Å². The lowest BCUT2D eigenvalue weighted by atomic mass is 9.99. The van der Waals surface area contributed by atoms with Gasteiger partial charge in [-0.3, -0.25) is 10.1 Å². The van der Waals surface area contributed by atoms with E-state index in [1.54, 1.807) is 49.3 Å². The third-order valence-corrected chi connectivity index (χ3v) is 6.83. The van der Waals surface area contributed by atoms with Gasteiger partial charge in [0.25, 0.3) is 0 Å². The molecule has 3 heterocycles. The molecule has 11 heteroatoms. The Morgan fingerprint density at radius 1 is 1.15 bits per heavy atom. The lowest BCUT2D eigenvalue weighted by molar-refractivity contribution is -0.127. The number of esters is 1. The van der Waals surface area contributed by atoms with Crippen LogP contribution in [0.4, 0.5) is 10.5 Å². The number of nitrogens with one attached hydrogen (secondary N) is 1. The number of likely N-dealkylation sites (tertiary alicyclic amines) is 1. The van der Waals surface area contributed by atoms with Crippen LogP contribution in [0.3, 0.4) is 0 Å². The number of aromatic nitrogens is 2. The van der Waals surface area contributed by atoms with Crippen molar-refractivity contribution < 1.29 is 28.6 Å². The quantitative estimate of drug-likeness (QED) is 0.241. The first kappa shape index (κ1) is 28.4. The van der Waals surface area contributed by atoms with Gasteiger partial charge in [0.15, 0.2) is 0 Å². The molecule has 1 aliphatic heterocycles. The van der Waals surface area contributed by atoms with Gasteiger partial charge in [-0.1, -0.05) is 5.92 Å². The van der Waals surface area contributed by atoms with Gasteiger partial charge in [0.05, 0.1) is 47.8 Å². The number of hydrogen-bond donors (Lipinski definition) is 1. The summed E-state index contributed by atoms with van der Waals surface area (Å²) in [7, 11) is 3.04. The number of pyridine rings is 2. The van der Waals surface area contributed by atoms with Gasteiger partial charge in [0.1, 0.15) is 17.2 Å². The molecule has 1 saturated heterocycles. The second-order valence-electron chi connectivity index (χ2n) is 8.65. The number of anilines is 1. The van der Waals surface area contributed by atoms with E-state index in [-0.39, 0.29) is 18.6 Å². The molecule has 2 amide bonds. The number of carbonyl (C=O) groups excluding carboxylic acids is 3. The number of thioether (sulfide) groups is 1. The fourth-order valence-corrected chi connectivity index (χ4v) is 4.47. The van der Waals surface area contributed by atoms with Crippen molar-refractivity contribution >= 4 is 35.4 Å². The molecule has 0 radical (unpaired) electrons. The summed E-state index contributed by atoms with van der Waals surface area (Å²) in [6.45, 7) is 1.90. The van der Waals surface area contributed by atoms with Crippen LogP contribution in [0.25, 0.3) is 0 Å². The van der Waals surface area contributed by atoms with Crippen molar-refractivity contribution in [3.63, 3.8) is 0 Å². The first-order valence-corrected chi connectivity index (χ1v) is 13.7. The Balaban J connectivity index is 1.79. The van der Waals surface area contributed by atoms with Crippen molar-refractivity contribution in [2.45, 2.75) is 30.8 Å². The van der Waals surface area contributed by atoms with E-state index in [1.807, 2.05) is 18.4 Å². The van der Waals surface area contributed by atoms with Gasteiger partial charge in [0.2, 0.25) is 5.91 Å². The van der Waals surface area contributed by atoms with Crippen LogP contribution in [0.1, 0.15) is 53.0 Å². The van der Waals surface area contributed by atoms with Crippen molar-refractivity contribution in [2.24, 2.45) is 0 Å². The maximum Gasteiger partial charge on any atom is 0.411 e. The van der Waals surface area contributed by atoms with Crippen LogP contribution in [0.5, 0.6) is 11.5 Å². The van der Waals surface area contributed by atoms with E-state index < -0.39 is 12.1 Å². The Bertz CT molecular complexity index is 1460. The molecule has 1 fully saturated rings. The number of amides is 2. The van der Waals surface area contributed by atoms with Crippen molar-refractivity contribution in [1.29, 1.82) is 0 Å². The molecular formula is C29H28N4O6S. The van der Waals surface area contributed by atoms with Gasteiger partial charge in [-0.25, -0.2) is 19.6 Å². The third kappa shape index (κ3) is 6.71. The van der Waals surface area contributed by atoms with E-state index >= 15 is 0 Å². The van der Waals surface area contributed by atoms with Crippen LogP contribution in [-0.2, 0) is 14.3 Å². The van der Waals surface area contributed by atoms with E-state index in [0.717, 1.165) is 5.03 Å². The van der Waals surface area contributed by atoms with E-state index in [1.165, 1.54) is 25.1 Å². The molecule has 2 aromatic heterocycles. The molecule has 206 valence electrons. The Hall–Kier alpha value is -4.56. The highest BCUT2D eigenvalue weighted by Gasteiger charge is 2.32. The number of methoxy groups -OCH3 is 1. The molecule has 40 heavy (non-hydrogen) atoms. The first-order chi connectivity index (χ1) is 19.3. The second-order valence-corrected chi connectivity index (χ2v) is 9.48. The molecule has 0 spiro atoms. The molecule has 1 aromatic carbocycles.